The topological polar surface area (TPSA) is 91.6 Å². The second kappa shape index (κ2) is 6.19. The van der Waals surface area contributed by atoms with E-state index >= 15 is 0 Å². The molecule has 2 aromatic rings. The molecular formula is C13H20N6. The van der Waals surface area contributed by atoms with E-state index in [1.807, 2.05) is 38.2 Å². The number of nitrogens with one attached hydrogen (secondary N) is 3. The maximum atomic E-state index is 5.72. The standard InChI is InChI=1S/C13H20N6/c1-9(14)5-7-16-12-8-13(18-10(2)17-12)19-11-4-3-6-15-11/h3-4,6,8-9,15H,5,7,14H2,1-2H3,(H2,16,17,18,19). The number of H-pyrrole nitrogens is 1. The Balaban J connectivity index is 2.02. The van der Waals surface area contributed by atoms with Crippen LogP contribution in [0.5, 0.6) is 0 Å². The first-order chi connectivity index (χ1) is 9.13. The van der Waals surface area contributed by atoms with E-state index in [0.29, 0.717) is 0 Å². The van der Waals surface area contributed by atoms with Crippen LogP contribution in [0.25, 0.3) is 0 Å². The van der Waals surface area contributed by atoms with Gasteiger partial charge in [0.2, 0.25) is 0 Å². The minimum absolute atomic E-state index is 0.187. The number of rotatable bonds is 6. The number of aromatic amines is 1. The first kappa shape index (κ1) is 13.4. The van der Waals surface area contributed by atoms with E-state index < -0.39 is 0 Å². The van der Waals surface area contributed by atoms with Gasteiger partial charge in [-0.3, -0.25) is 0 Å². The molecule has 0 aliphatic rings. The fourth-order valence-corrected chi connectivity index (χ4v) is 1.70. The van der Waals surface area contributed by atoms with Crippen LogP contribution < -0.4 is 16.4 Å². The maximum absolute atomic E-state index is 5.72. The molecule has 19 heavy (non-hydrogen) atoms. The average Bonchev–Trinajstić information content (AvgIpc) is 2.80. The molecule has 0 aliphatic heterocycles. The molecule has 0 fully saturated rings. The molecule has 1 atom stereocenters. The van der Waals surface area contributed by atoms with Crippen molar-refractivity contribution >= 4 is 17.5 Å². The molecular weight excluding hydrogens is 240 g/mol. The van der Waals surface area contributed by atoms with Gasteiger partial charge in [-0.25, -0.2) is 9.97 Å². The van der Waals surface area contributed by atoms with Crippen LogP contribution in [-0.4, -0.2) is 27.5 Å². The Morgan fingerprint density at radius 3 is 2.84 bits per heavy atom. The Labute approximate surface area is 112 Å². The molecule has 0 spiro atoms. The van der Waals surface area contributed by atoms with Crippen LogP contribution in [0.15, 0.2) is 24.4 Å². The van der Waals surface area contributed by atoms with Crippen molar-refractivity contribution in [1.82, 2.24) is 15.0 Å². The lowest BCUT2D eigenvalue weighted by atomic mass is 10.2. The molecule has 0 bridgehead atoms. The average molecular weight is 260 g/mol. The molecule has 0 saturated carbocycles. The minimum atomic E-state index is 0.187. The van der Waals surface area contributed by atoms with Crippen molar-refractivity contribution in [2.75, 3.05) is 17.2 Å². The summed E-state index contributed by atoms with van der Waals surface area (Å²) in [6, 6.07) is 5.94. The zero-order valence-electron chi connectivity index (χ0n) is 11.3. The van der Waals surface area contributed by atoms with E-state index in [9.17, 15) is 0 Å². The zero-order valence-corrected chi connectivity index (χ0v) is 11.3. The Morgan fingerprint density at radius 2 is 2.16 bits per heavy atom. The zero-order chi connectivity index (χ0) is 13.7. The Kier molecular flexibility index (Phi) is 4.35. The summed E-state index contributed by atoms with van der Waals surface area (Å²) in [7, 11) is 0. The molecule has 0 aliphatic carbocycles. The lowest BCUT2D eigenvalue weighted by molar-refractivity contribution is 0.689. The molecule has 0 amide bonds. The van der Waals surface area contributed by atoms with Gasteiger partial charge in [0.1, 0.15) is 23.3 Å². The SMILES string of the molecule is Cc1nc(NCCC(C)N)cc(Nc2ccc[nH]2)n1. The molecule has 0 aromatic carbocycles. The number of aryl methyl sites for hydroxylation is 1. The predicted molar refractivity (Wildman–Crippen MR) is 77.6 cm³/mol. The first-order valence-corrected chi connectivity index (χ1v) is 6.39. The third kappa shape index (κ3) is 4.26. The van der Waals surface area contributed by atoms with Crippen LogP contribution in [0.3, 0.4) is 0 Å². The Morgan fingerprint density at radius 1 is 1.37 bits per heavy atom. The highest BCUT2D eigenvalue weighted by molar-refractivity contribution is 5.56. The summed E-state index contributed by atoms with van der Waals surface area (Å²) < 4.78 is 0. The van der Waals surface area contributed by atoms with Crippen molar-refractivity contribution in [3.63, 3.8) is 0 Å². The summed E-state index contributed by atoms with van der Waals surface area (Å²) in [6.07, 6.45) is 2.76. The third-order valence-corrected chi connectivity index (χ3v) is 2.60. The smallest absolute Gasteiger partial charge is 0.137 e. The van der Waals surface area contributed by atoms with E-state index in [1.54, 1.807) is 0 Å². The second-order valence-corrected chi connectivity index (χ2v) is 4.59. The van der Waals surface area contributed by atoms with Gasteiger partial charge in [-0.05, 0) is 32.4 Å². The van der Waals surface area contributed by atoms with Crippen LogP contribution in [0.4, 0.5) is 17.5 Å². The maximum Gasteiger partial charge on any atom is 0.137 e. The van der Waals surface area contributed by atoms with Crippen LogP contribution in [0.2, 0.25) is 0 Å². The van der Waals surface area contributed by atoms with E-state index in [-0.39, 0.29) is 6.04 Å². The van der Waals surface area contributed by atoms with E-state index in [2.05, 4.69) is 25.6 Å². The number of hydrogen-bond acceptors (Lipinski definition) is 5. The number of nitrogens with two attached hydrogens (primary N) is 1. The molecule has 2 aromatic heterocycles. The van der Waals surface area contributed by atoms with Crippen LogP contribution in [-0.2, 0) is 0 Å². The van der Waals surface area contributed by atoms with Crippen LogP contribution in [0.1, 0.15) is 19.2 Å². The molecule has 0 radical (unpaired) electrons. The largest absolute Gasteiger partial charge is 0.370 e. The molecule has 2 rings (SSSR count). The number of hydrogen-bond donors (Lipinski definition) is 4. The van der Waals surface area contributed by atoms with Gasteiger partial charge in [-0.2, -0.15) is 0 Å². The Hall–Kier alpha value is -2.08. The Bertz CT molecular complexity index is 506. The van der Waals surface area contributed by atoms with Gasteiger partial charge in [-0.1, -0.05) is 0 Å². The highest BCUT2D eigenvalue weighted by Gasteiger charge is 2.03. The van der Waals surface area contributed by atoms with Gasteiger partial charge in [0, 0.05) is 24.8 Å². The van der Waals surface area contributed by atoms with Crippen molar-refractivity contribution in [1.29, 1.82) is 0 Å². The van der Waals surface area contributed by atoms with Gasteiger partial charge < -0.3 is 21.4 Å². The van der Waals surface area contributed by atoms with Crippen molar-refractivity contribution in [3.8, 4) is 0 Å². The van der Waals surface area contributed by atoms with Crippen molar-refractivity contribution in [3.05, 3.63) is 30.2 Å². The number of nitrogens with zero attached hydrogens (tertiary/aromatic N) is 2. The number of anilines is 3. The lowest BCUT2D eigenvalue weighted by Gasteiger charge is -2.10. The third-order valence-electron chi connectivity index (χ3n) is 2.60. The molecule has 5 N–H and O–H groups in total. The summed E-state index contributed by atoms with van der Waals surface area (Å²) in [5.74, 6) is 3.19. The van der Waals surface area contributed by atoms with Crippen molar-refractivity contribution < 1.29 is 0 Å². The summed E-state index contributed by atoms with van der Waals surface area (Å²) in [5.41, 5.74) is 5.72. The van der Waals surface area contributed by atoms with E-state index in [1.165, 1.54) is 0 Å². The van der Waals surface area contributed by atoms with Gasteiger partial charge in [0.05, 0.1) is 0 Å². The van der Waals surface area contributed by atoms with Gasteiger partial charge in [-0.15, -0.1) is 0 Å². The van der Waals surface area contributed by atoms with E-state index in [0.717, 1.165) is 36.2 Å². The normalized spacial score (nSPS) is 12.2. The monoisotopic (exact) mass is 260 g/mol. The summed E-state index contributed by atoms with van der Waals surface area (Å²) >= 11 is 0. The molecule has 6 heteroatoms. The summed E-state index contributed by atoms with van der Waals surface area (Å²) in [6.45, 7) is 4.66. The minimum Gasteiger partial charge on any atom is -0.370 e. The van der Waals surface area contributed by atoms with E-state index in [4.69, 9.17) is 5.73 Å². The lowest BCUT2D eigenvalue weighted by Crippen LogP contribution is -2.19. The second-order valence-electron chi connectivity index (χ2n) is 4.59. The van der Waals surface area contributed by atoms with Crippen LogP contribution >= 0.6 is 0 Å². The van der Waals surface area contributed by atoms with Gasteiger partial charge >= 0.3 is 0 Å². The molecule has 1 unspecified atom stereocenters. The first-order valence-electron chi connectivity index (χ1n) is 6.39. The summed E-state index contributed by atoms with van der Waals surface area (Å²) in [5, 5.41) is 6.45. The quantitative estimate of drug-likeness (QED) is 0.637. The van der Waals surface area contributed by atoms with Crippen LogP contribution in [0, 0.1) is 6.92 Å². The summed E-state index contributed by atoms with van der Waals surface area (Å²) in [4.78, 5) is 11.8. The highest BCUT2D eigenvalue weighted by atomic mass is 15.1. The van der Waals surface area contributed by atoms with Gasteiger partial charge in [0.15, 0.2) is 0 Å². The van der Waals surface area contributed by atoms with Crippen molar-refractivity contribution in [2.45, 2.75) is 26.3 Å². The molecule has 0 saturated heterocycles. The molecule has 102 valence electrons. The van der Waals surface area contributed by atoms with Gasteiger partial charge in [0.25, 0.3) is 0 Å². The predicted octanol–water partition coefficient (Wildman–Crippen LogP) is 2.01. The number of aromatic nitrogens is 3. The van der Waals surface area contributed by atoms with Crippen molar-refractivity contribution in [2.24, 2.45) is 5.73 Å². The fraction of sp³-hybridized carbons (Fsp3) is 0.385. The molecule has 6 nitrogen and oxygen atoms in total. The molecule has 2 heterocycles. The fourth-order valence-electron chi connectivity index (χ4n) is 1.70. The highest BCUT2D eigenvalue weighted by Crippen LogP contribution is 2.15.